The summed E-state index contributed by atoms with van der Waals surface area (Å²) in [5.74, 6) is -1.27. The van der Waals surface area contributed by atoms with Gasteiger partial charge in [-0.25, -0.2) is 14.2 Å². The third kappa shape index (κ3) is 6.32. The van der Waals surface area contributed by atoms with Gasteiger partial charge < -0.3 is 15.0 Å². The predicted molar refractivity (Wildman–Crippen MR) is 159 cm³/mol. The number of aryl methyl sites for hydroxylation is 1. The van der Waals surface area contributed by atoms with E-state index in [1.807, 2.05) is 0 Å². The van der Waals surface area contributed by atoms with Crippen LogP contribution in [0.1, 0.15) is 54.3 Å². The zero-order chi connectivity index (χ0) is 30.9. The van der Waals surface area contributed by atoms with Gasteiger partial charge in [-0.2, -0.15) is 0 Å². The van der Waals surface area contributed by atoms with E-state index in [9.17, 15) is 14.4 Å². The van der Waals surface area contributed by atoms with Crippen LogP contribution in [0.15, 0.2) is 54.9 Å². The van der Waals surface area contributed by atoms with Gasteiger partial charge in [-0.05, 0) is 75.4 Å². The number of pyridine rings is 1. The fourth-order valence-electron chi connectivity index (χ4n) is 5.19. The number of ether oxygens (including phenoxy) is 1. The molecule has 1 N–H and O–H groups in total. The highest BCUT2D eigenvalue weighted by atomic mass is 19.1. The number of carbonyl (C=O) groups is 3. The van der Waals surface area contributed by atoms with Crippen molar-refractivity contribution in [1.82, 2.24) is 30.2 Å². The number of rotatable bonds is 5. The van der Waals surface area contributed by atoms with Crippen molar-refractivity contribution in [1.29, 1.82) is 0 Å². The number of nitrogens with one attached hydrogen (secondary N) is 1. The molecule has 1 fully saturated rings. The molecule has 0 spiro atoms. The Morgan fingerprint density at radius 1 is 1.12 bits per heavy atom. The van der Waals surface area contributed by atoms with E-state index in [0.29, 0.717) is 52.8 Å². The van der Waals surface area contributed by atoms with E-state index >= 15 is 4.39 Å². The summed E-state index contributed by atoms with van der Waals surface area (Å²) in [6, 6.07) is 10.6. The van der Waals surface area contributed by atoms with Crippen LogP contribution in [-0.2, 0) is 11.8 Å². The Morgan fingerprint density at radius 2 is 1.91 bits per heavy atom. The Balaban J connectivity index is 1.58. The zero-order valence-electron chi connectivity index (χ0n) is 24.8. The van der Waals surface area contributed by atoms with Crippen LogP contribution in [0.5, 0.6) is 0 Å². The van der Waals surface area contributed by atoms with Gasteiger partial charge in [-0.1, -0.05) is 11.3 Å². The van der Waals surface area contributed by atoms with Crippen molar-refractivity contribution >= 4 is 34.5 Å². The molecule has 11 nitrogen and oxygen atoms in total. The van der Waals surface area contributed by atoms with Crippen molar-refractivity contribution in [2.75, 3.05) is 25.0 Å². The minimum absolute atomic E-state index is 0.150. The highest BCUT2D eigenvalue weighted by Gasteiger charge is 2.36. The summed E-state index contributed by atoms with van der Waals surface area (Å²) in [7, 11) is 3.26. The minimum Gasteiger partial charge on any atom is -0.444 e. The van der Waals surface area contributed by atoms with Crippen LogP contribution < -0.4 is 10.2 Å². The Kier molecular flexibility index (Phi) is 8.12. The third-order valence-electron chi connectivity index (χ3n) is 7.19. The number of fused-ring (bicyclic) bond motifs is 1. The second-order valence-corrected chi connectivity index (χ2v) is 11.5. The highest BCUT2D eigenvalue weighted by molar-refractivity contribution is 6.11. The first-order chi connectivity index (χ1) is 20.4. The lowest BCUT2D eigenvalue weighted by molar-refractivity contribution is 0.0196. The van der Waals surface area contributed by atoms with Crippen molar-refractivity contribution in [3.8, 4) is 11.3 Å². The molecule has 2 aromatic carbocycles. The molecular weight excluding hydrogens is 553 g/mol. The first kappa shape index (κ1) is 29.6. The minimum atomic E-state index is -0.722. The van der Waals surface area contributed by atoms with Crippen LogP contribution >= 0.6 is 0 Å². The SMILES string of the molecule is CNC(=O)c1ccc2c(N(C(=O)c3ccc(-c4cn(C)nn4)cc3F)[C@@H]3CCCN(C(=O)OC(C)(C)C)C3)nccc2c1. The van der Waals surface area contributed by atoms with E-state index in [1.54, 1.807) is 82.5 Å². The number of nitrogens with zero attached hydrogens (tertiary/aromatic N) is 6. The van der Waals surface area contributed by atoms with Crippen molar-refractivity contribution in [2.24, 2.45) is 7.05 Å². The monoisotopic (exact) mass is 587 g/mol. The van der Waals surface area contributed by atoms with Crippen LogP contribution in [0.3, 0.4) is 0 Å². The maximum Gasteiger partial charge on any atom is 0.410 e. The molecule has 2 aromatic heterocycles. The summed E-state index contributed by atoms with van der Waals surface area (Å²) in [6.07, 6.45) is 3.88. The molecule has 0 aliphatic carbocycles. The maximum atomic E-state index is 15.7. The molecule has 1 aliphatic rings. The van der Waals surface area contributed by atoms with Crippen molar-refractivity contribution < 1.29 is 23.5 Å². The first-order valence-electron chi connectivity index (χ1n) is 14.0. The molecule has 4 aromatic rings. The third-order valence-corrected chi connectivity index (χ3v) is 7.19. The van der Waals surface area contributed by atoms with E-state index in [1.165, 1.54) is 21.7 Å². The van der Waals surface area contributed by atoms with Crippen molar-refractivity contribution in [3.05, 3.63) is 71.8 Å². The standard InChI is InChI=1S/C31H34FN7O4/c1-31(2,3)43-30(42)38-14-6-7-22(17-38)39(27-23-10-9-21(28(40)33-4)15-19(23)12-13-34-27)29(41)24-11-8-20(16-25(24)32)26-18-37(5)36-35-26/h8-13,15-16,18,22H,6-7,14,17H2,1-5H3,(H,33,40)/t22-/m1/s1. The van der Waals surface area contributed by atoms with Gasteiger partial charge in [0, 0.05) is 49.9 Å². The van der Waals surface area contributed by atoms with E-state index < -0.39 is 29.5 Å². The number of anilines is 1. The van der Waals surface area contributed by atoms with Gasteiger partial charge in [0.2, 0.25) is 0 Å². The normalized spacial score (nSPS) is 15.3. The molecule has 3 heterocycles. The van der Waals surface area contributed by atoms with Gasteiger partial charge in [0.25, 0.3) is 11.8 Å². The molecule has 0 saturated carbocycles. The molecule has 0 unspecified atom stereocenters. The van der Waals surface area contributed by atoms with Crippen LogP contribution in [0, 0.1) is 5.82 Å². The molecule has 1 atom stereocenters. The number of carbonyl (C=O) groups excluding carboxylic acids is 3. The molecule has 0 bridgehead atoms. The van der Waals surface area contributed by atoms with E-state index in [-0.39, 0.29) is 18.0 Å². The number of benzene rings is 2. The molecule has 0 radical (unpaired) electrons. The lowest BCUT2D eigenvalue weighted by atomic mass is 10.0. The average molecular weight is 588 g/mol. The van der Waals surface area contributed by atoms with Gasteiger partial charge >= 0.3 is 6.09 Å². The number of halogens is 1. The lowest BCUT2D eigenvalue weighted by Crippen LogP contribution is -2.53. The van der Waals surface area contributed by atoms with E-state index in [0.717, 1.165) is 0 Å². The lowest BCUT2D eigenvalue weighted by Gasteiger charge is -2.39. The summed E-state index contributed by atoms with van der Waals surface area (Å²) in [5.41, 5.74) is 0.563. The number of likely N-dealkylation sites (tertiary alicyclic amines) is 1. The molecule has 1 aliphatic heterocycles. The first-order valence-corrected chi connectivity index (χ1v) is 14.0. The topological polar surface area (TPSA) is 123 Å². The Hall–Kier alpha value is -4.87. The van der Waals surface area contributed by atoms with Crippen molar-refractivity contribution in [2.45, 2.75) is 45.3 Å². The number of hydrogen-bond donors (Lipinski definition) is 1. The second-order valence-electron chi connectivity index (χ2n) is 11.5. The quantitative estimate of drug-likeness (QED) is 0.363. The van der Waals surface area contributed by atoms with E-state index in [4.69, 9.17) is 4.74 Å². The fourth-order valence-corrected chi connectivity index (χ4v) is 5.19. The molecule has 1 saturated heterocycles. The number of piperidine rings is 1. The second kappa shape index (κ2) is 11.8. The average Bonchev–Trinajstić information content (AvgIpc) is 3.42. The summed E-state index contributed by atoms with van der Waals surface area (Å²) >= 11 is 0. The molecule has 12 heteroatoms. The number of aromatic nitrogens is 4. The summed E-state index contributed by atoms with van der Waals surface area (Å²) < 4.78 is 22.8. The summed E-state index contributed by atoms with van der Waals surface area (Å²) in [6.45, 7) is 6.02. The summed E-state index contributed by atoms with van der Waals surface area (Å²) in [5, 5.41) is 11.8. The van der Waals surface area contributed by atoms with Gasteiger partial charge in [0.1, 0.15) is 22.9 Å². The zero-order valence-corrected chi connectivity index (χ0v) is 24.8. The molecular formula is C31H34FN7O4. The number of amides is 3. The Labute approximate surface area is 248 Å². The van der Waals surface area contributed by atoms with Gasteiger partial charge in [-0.15, -0.1) is 5.10 Å². The van der Waals surface area contributed by atoms with Gasteiger partial charge in [-0.3, -0.25) is 19.2 Å². The molecule has 3 amide bonds. The van der Waals surface area contributed by atoms with Crippen LogP contribution in [-0.4, -0.2) is 74.6 Å². The van der Waals surface area contributed by atoms with E-state index in [2.05, 4.69) is 20.6 Å². The summed E-state index contributed by atoms with van der Waals surface area (Å²) in [4.78, 5) is 47.2. The molecule has 5 rings (SSSR count). The predicted octanol–water partition coefficient (Wildman–Crippen LogP) is 4.58. The molecule has 43 heavy (non-hydrogen) atoms. The highest BCUT2D eigenvalue weighted by Crippen LogP contribution is 2.32. The van der Waals surface area contributed by atoms with Crippen LogP contribution in [0.25, 0.3) is 22.0 Å². The van der Waals surface area contributed by atoms with Gasteiger partial charge in [0.15, 0.2) is 0 Å². The van der Waals surface area contributed by atoms with Gasteiger partial charge in [0.05, 0.1) is 17.8 Å². The number of hydrogen-bond acceptors (Lipinski definition) is 7. The van der Waals surface area contributed by atoms with Crippen LogP contribution in [0.2, 0.25) is 0 Å². The fraction of sp³-hybridized carbons (Fsp3) is 0.355. The van der Waals surface area contributed by atoms with Crippen LogP contribution in [0.4, 0.5) is 15.0 Å². The maximum absolute atomic E-state index is 15.7. The molecule has 224 valence electrons. The van der Waals surface area contributed by atoms with Crippen molar-refractivity contribution in [3.63, 3.8) is 0 Å². The largest absolute Gasteiger partial charge is 0.444 e. The smallest absolute Gasteiger partial charge is 0.410 e. The Morgan fingerprint density at radius 3 is 2.58 bits per heavy atom. The Bertz CT molecular complexity index is 1700.